The Kier molecular flexibility index (Phi) is 6.66. The fourth-order valence-electron chi connectivity index (χ4n) is 6.52. The first-order valence-corrected chi connectivity index (χ1v) is 14.9. The van der Waals surface area contributed by atoms with Crippen LogP contribution in [0, 0.1) is 0 Å². The van der Waals surface area contributed by atoms with Crippen molar-refractivity contribution >= 4 is 69.6 Å². The summed E-state index contributed by atoms with van der Waals surface area (Å²) in [6.45, 7) is 1.37. The number of anilines is 3. The number of carbonyl (C=O) groups is 3. The molecule has 0 radical (unpaired) electrons. The number of hydrogen-bond donors (Lipinski definition) is 2. The van der Waals surface area contributed by atoms with Crippen LogP contribution in [0.4, 0.5) is 17.1 Å². The molecule has 42 heavy (non-hydrogen) atoms. The Morgan fingerprint density at radius 2 is 1.74 bits per heavy atom. The molecule has 1 aliphatic carbocycles. The highest BCUT2D eigenvalue weighted by atomic mass is 35.5. The van der Waals surface area contributed by atoms with Gasteiger partial charge in [-0.3, -0.25) is 14.5 Å². The van der Waals surface area contributed by atoms with E-state index in [1.807, 2.05) is 12.1 Å². The van der Waals surface area contributed by atoms with Gasteiger partial charge in [0.1, 0.15) is 6.04 Å². The van der Waals surface area contributed by atoms with Gasteiger partial charge in [0, 0.05) is 24.3 Å². The van der Waals surface area contributed by atoms with E-state index in [-0.39, 0.29) is 40.1 Å². The number of morpholine rings is 1. The van der Waals surface area contributed by atoms with Gasteiger partial charge in [-0.2, -0.15) is 0 Å². The summed E-state index contributed by atoms with van der Waals surface area (Å²) < 4.78 is 5.66. The Morgan fingerprint density at radius 1 is 1.02 bits per heavy atom. The zero-order chi connectivity index (χ0) is 29.3. The zero-order valence-corrected chi connectivity index (χ0v) is 24.5. The second-order valence-electron chi connectivity index (χ2n) is 11.4. The predicted octanol–water partition coefficient (Wildman–Crippen LogP) is 5.76. The Balaban J connectivity index is 1.08. The summed E-state index contributed by atoms with van der Waals surface area (Å²) in [5.41, 5.74) is 3.30. The minimum Gasteiger partial charge on any atom is -0.480 e. The van der Waals surface area contributed by atoms with Crippen LogP contribution in [0.2, 0.25) is 15.1 Å². The first kappa shape index (κ1) is 27.5. The number of carboxylic acids is 1. The molecule has 3 aliphatic heterocycles. The number of amides is 2. The molecule has 3 aromatic rings. The summed E-state index contributed by atoms with van der Waals surface area (Å²) in [6.07, 6.45) is 2.72. The molecule has 2 saturated heterocycles. The predicted molar refractivity (Wildman–Crippen MR) is 160 cm³/mol. The lowest BCUT2D eigenvalue weighted by molar-refractivity contribution is -0.139. The first-order valence-electron chi connectivity index (χ1n) is 13.8. The summed E-state index contributed by atoms with van der Waals surface area (Å²) in [6, 6.07) is 15.0. The second-order valence-corrected chi connectivity index (χ2v) is 12.6. The van der Waals surface area contributed by atoms with E-state index in [4.69, 9.17) is 39.5 Å². The van der Waals surface area contributed by atoms with Gasteiger partial charge in [-0.25, -0.2) is 4.79 Å². The summed E-state index contributed by atoms with van der Waals surface area (Å²) in [5, 5.41) is 13.3. The van der Waals surface area contributed by atoms with Crippen molar-refractivity contribution in [2.24, 2.45) is 0 Å². The van der Waals surface area contributed by atoms with Gasteiger partial charge in [-0.05, 0) is 60.7 Å². The zero-order valence-electron chi connectivity index (χ0n) is 22.3. The van der Waals surface area contributed by atoms with Crippen molar-refractivity contribution in [3.8, 4) is 0 Å². The molecule has 3 aromatic carbocycles. The van der Waals surface area contributed by atoms with Crippen LogP contribution in [0.1, 0.15) is 40.7 Å². The van der Waals surface area contributed by atoms with Crippen LogP contribution in [0.3, 0.4) is 0 Å². The number of nitrogens with zero attached hydrogens (tertiary/aromatic N) is 2. The molecule has 216 valence electrons. The summed E-state index contributed by atoms with van der Waals surface area (Å²) in [4.78, 5) is 42.6. The number of rotatable bonds is 7. The number of carboxylic acid groups (broad SMARTS) is 1. The summed E-state index contributed by atoms with van der Waals surface area (Å²) in [5.74, 6) is -1.87. The molecule has 8 nitrogen and oxygen atoms in total. The van der Waals surface area contributed by atoms with Gasteiger partial charge >= 0.3 is 5.97 Å². The maximum absolute atomic E-state index is 13.4. The lowest BCUT2D eigenvalue weighted by Gasteiger charge is -2.29. The van der Waals surface area contributed by atoms with Crippen molar-refractivity contribution in [2.45, 2.75) is 49.3 Å². The average Bonchev–Trinajstić information content (AvgIpc) is 3.36. The molecule has 2 bridgehead atoms. The molecule has 4 aliphatic rings. The number of para-hydroxylation sites is 1. The van der Waals surface area contributed by atoms with Crippen LogP contribution in [0.5, 0.6) is 0 Å². The van der Waals surface area contributed by atoms with Crippen LogP contribution in [-0.4, -0.2) is 54.2 Å². The quantitative estimate of drug-likeness (QED) is 0.346. The van der Waals surface area contributed by atoms with Gasteiger partial charge in [0.25, 0.3) is 5.91 Å². The molecule has 3 atom stereocenters. The van der Waals surface area contributed by atoms with Crippen molar-refractivity contribution < 1.29 is 24.2 Å². The van der Waals surface area contributed by atoms with Crippen LogP contribution >= 0.6 is 34.8 Å². The van der Waals surface area contributed by atoms with E-state index in [2.05, 4.69) is 10.2 Å². The number of aliphatic carboxylic acids is 1. The molecule has 3 fully saturated rings. The molecular formula is C31H26Cl3N3O5. The minimum absolute atomic E-state index is 0.000583. The highest BCUT2D eigenvalue weighted by molar-refractivity contribution is 6.40. The van der Waals surface area contributed by atoms with E-state index in [0.717, 1.165) is 37.1 Å². The van der Waals surface area contributed by atoms with Gasteiger partial charge in [-0.1, -0.05) is 59.1 Å². The Morgan fingerprint density at radius 3 is 2.33 bits per heavy atom. The van der Waals surface area contributed by atoms with Crippen molar-refractivity contribution in [2.75, 3.05) is 23.0 Å². The second kappa shape index (κ2) is 10.2. The van der Waals surface area contributed by atoms with Gasteiger partial charge in [-0.15, -0.1) is 0 Å². The monoisotopic (exact) mass is 625 g/mol. The first-order chi connectivity index (χ1) is 20.2. The van der Waals surface area contributed by atoms with Gasteiger partial charge in [0.05, 0.1) is 50.5 Å². The average molecular weight is 627 g/mol. The molecule has 1 saturated carbocycles. The lowest BCUT2D eigenvalue weighted by Crippen LogP contribution is -2.42. The molecule has 3 heterocycles. The Hall–Kier alpha value is -3.30. The third-order valence-corrected chi connectivity index (χ3v) is 9.71. The molecule has 0 aromatic heterocycles. The van der Waals surface area contributed by atoms with Crippen LogP contribution in [0.25, 0.3) is 0 Å². The highest BCUT2D eigenvalue weighted by Crippen LogP contribution is 2.60. The molecule has 3 unspecified atom stereocenters. The largest absolute Gasteiger partial charge is 0.480 e. The van der Waals surface area contributed by atoms with Crippen molar-refractivity contribution in [3.63, 3.8) is 0 Å². The summed E-state index contributed by atoms with van der Waals surface area (Å²) >= 11 is 19.5. The van der Waals surface area contributed by atoms with Crippen molar-refractivity contribution in [3.05, 3.63) is 86.4 Å². The number of hydrogen-bond acceptors (Lipinski definition) is 5. The minimum atomic E-state index is -1.24. The number of fused-ring (bicyclic) bond motifs is 4. The molecule has 2 N–H and O–H groups in total. The van der Waals surface area contributed by atoms with E-state index in [1.165, 1.54) is 0 Å². The highest BCUT2D eigenvalue weighted by Gasteiger charge is 2.60. The van der Waals surface area contributed by atoms with E-state index >= 15 is 0 Å². The van der Waals surface area contributed by atoms with Crippen LogP contribution in [-0.2, 0) is 26.2 Å². The number of halogens is 3. The molecular weight excluding hydrogens is 601 g/mol. The van der Waals surface area contributed by atoms with Crippen molar-refractivity contribution in [1.82, 2.24) is 5.32 Å². The van der Waals surface area contributed by atoms with Gasteiger partial charge in [0.15, 0.2) is 0 Å². The molecule has 1 spiro atoms. The Bertz CT molecular complexity index is 1620. The fraction of sp³-hybridized carbons (Fsp3) is 0.323. The van der Waals surface area contributed by atoms with Crippen LogP contribution in [0.15, 0.2) is 54.6 Å². The summed E-state index contributed by atoms with van der Waals surface area (Å²) in [7, 11) is 0. The van der Waals surface area contributed by atoms with E-state index < -0.39 is 23.3 Å². The third-order valence-electron chi connectivity index (χ3n) is 8.81. The van der Waals surface area contributed by atoms with Gasteiger partial charge < -0.3 is 20.1 Å². The smallest absolute Gasteiger partial charge is 0.326 e. The molecule has 2 amide bonds. The van der Waals surface area contributed by atoms with E-state index in [1.54, 1.807) is 47.4 Å². The maximum Gasteiger partial charge on any atom is 0.326 e. The number of benzene rings is 3. The van der Waals surface area contributed by atoms with Crippen molar-refractivity contribution in [1.29, 1.82) is 0 Å². The number of ether oxygens (including phenoxy) is 1. The van der Waals surface area contributed by atoms with Crippen LogP contribution < -0.4 is 15.1 Å². The standard InChI is InChI=1S/C31H26Cl3N3O5/c32-22-3-1-2-21-27(22)37(30(41)31(21)8-9-31)17-6-4-16(5-7-17)10-25(29(39)40)35-28(38)26-23(33)12-18(13-24(26)34)36-14-20-11-19(36)15-42-20/h1-7,12-13,19-20,25H,8-11,14-15H2,(H,35,38)(H,39,40). The van der Waals surface area contributed by atoms with E-state index in [9.17, 15) is 19.5 Å². The normalized spacial score (nSPS) is 22.0. The number of carbonyl (C=O) groups excluding carboxylic acids is 2. The SMILES string of the molecule is O=C(NC(Cc1ccc(N2C(=O)C3(CC3)c3cccc(Cl)c32)cc1)C(=O)O)c1c(Cl)cc(N2CC3CC2CO3)cc1Cl. The van der Waals surface area contributed by atoms with Gasteiger partial charge in [0.2, 0.25) is 5.91 Å². The molecule has 11 heteroatoms. The van der Waals surface area contributed by atoms with E-state index in [0.29, 0.717) is 28.6 Å². The topological polar surface area (TPSA) is 99.2 Å². The maximum atomic E-state index is 13.4. The lowest BCUT2D eigenvalue weighted by atomic mass is 9.98. The third kappa shape index (κ3) is 4.43. The molecule has 7 rings (SSSR count). The Labute approximate surface area is 257 Å². The number of nitrogens with one attached hydrogen (secondary N) is 1. The fourth-order valence-corrected chi connectivity index (χ4v) is 7.43.